The van der Waals surface area contributed by atoms with Gasteiger partial charge < -0.3 is 10.4 Å². The molecule has 128 valence electrons. The Morgan fingerprint density at radius 3 is 2.62 bits per heavy atom. The number of aliphatic hydroxyl groups is 1. The Bertz CT molecular complexity index is 674. The van der Waals surface area contributed by atoms with Gasteiger partial charge in [0.1, 0.15) is 5.82 Å². The monoisotopic (exact) mass is 391 g/mol. The minimum absolute atomic E-state index is 0.170. The van der Waals surface area contributed by atoms with Crippen LogP contribution >= 0.6 is 15.9 Å². The first-order valence-electron chi connectivity index (χ1n) is 8.03. The largest absolute Gasteiger partial charge is 0.385 e. The van der Waals surface area contributed by atoms with Gasteiger partial charge in [-0.2, -0.15) is 0 Å². The van der Waals surface area contributed by atoms with Gasteiger partial charge in [-0.1, -0.05) is 46.3 Å². The molecule has 4 heteroatoms. The number of benzene rings is 2. The van der Waals surface area contributed by atoms with Gasteiger partial charge in [0, 0.05) is 10.5 Å². The average molecular weight is 392 g/mol. The van der Waals surface area contributed by atoms with Gasteiger partial charge in [-0.05, 0) is 61.7 Å². The van der Waals surface area contributed by atoms with E-state index in [2.05, 4.69) is 46.9 Å². The van der Waals surface area contributed by atoms with Crippen molar-refractivity contribution in [1.29, 1.82) is 0 Å². The van der Waals surface area contributed by atoms with E-state index < -0.39 is 5.60 Å². The molecular formula is C20H23BrFNO. The summed E-state index contributed by atoms with van der Waals surface area (Å²) in [4.78, 5) is 0. The summed E-state index contributed by atoms with van der Waals surface area (Å²) < 4.78 is 14.2. The van der Waals surface area contributed by atoms with E-state index >= 15 is 0 Å². The van der Waals surface area contributed by atoms with Crippen molar-refractivity contribution in [3.63, 3.8) is 0 Å². The van der Waals surface area contributed by atoms with Crippen LogP contribution in [0.4, 0.5) is 4.39 Å². The molecule has 2 aromatic rings. The summed E-state index contributed by atoms with van der Waals surface area (Å²) in [6.07, 6.45) is 2.63. The summed E-state index contributed by atoms with van der Waals surface area (Å²) in [6, 6.07) is 14.3. The van der Waals surface area contributed by atoms with Gasteiger partial charge in [-0.25, -0.2) is 4.39 Å². The molecule has 0 aliphatic rings. The van der Waals surface area contributed by atoms with Crippen molar-refractivity contribution >= 4 is 15.9 Å². The Morgan fingerprint density at radius 2 is 2.00 bits per heavy atom. The quantitative estimate of drug-likeness (QED) is 0.614. The molecule has 0 radical (unpaired) electrons. The number of hydrogen-bond acceptors (Lipinski definition) is 2. The van der Waals surface area contributed by atoms with Crippen molar-refractivity contribution in [1.82, 2.24) is 5.32 Å². The van der Waals surface area contributed by atoms with Gasteiger partial charge in [0.15, 0.2) is 0 Å². The summed E-state index contributed by atoms with van der Waals surface area (Å²) in [7, 11) is 0. The number of halogens is 2. The van der Waals surface area contributed by atoms with Crippen LogP contribution in [0.5, 0.6) is 0 Å². The van der Waals surface area contributed by atoms with Crippen LogP contribution in [-0.2, 0) is 5.60 Å². The van der Waals surface area contributed by atoms with E-state index in [4.69, 9.17) is 0 Å². The van der Waals surface area contributed by atoms with Crippen molar-refractivity contribution in [2.75, 3.05) is 6.54 Å². The first-order valence-corrected chi connectivity index (χ1v) is 8.82. The van der Waals surface area contributed by atoms with Crippen LogP contribution in [0.15, 0.2) is 65.7 Å². The normalized spacial score (nSPS) is 14.8. The molecule has 2 aromatic carbocycles. The van der Waals surface area contributed by atoms with E-state index in [-0.39, 0.29) is 11.9 Å². The molecule has 0 heterocycles. The lowest BCUT2D eigenvalue weighted by Crippen LogP contribution is -2.31. The molecule has 2 rings (SSSR count). The van der Waals surface area contributed by atoms with Crippen molar-refractivity contribution in [2.24, 2.45) is 0 Å². The molecule has 0 aromatic heterocycles. The lowest BCUT2D eigenvalue weighted by atomic mass is 9.87. The second-order valence-corrected chi connectivity index (χ2v) is 6.93. The Balaban J connectivity index is 2.01. The topological polar surface area (TPSA) is 32.3 Å². The molecular weight excluding hydrogens is 369 g/mol. The standard InChI is InChI=1S/C20H23BrFNO/c1-3-11-20(24,17-7-9-19(22)10-8-17)12-13-23-15(2)16-5-4-6-18(21)14-16/h3-10,14-15,23-24H,1,11-13H2,2H3/t15-,20?/m0/s1. The summed E-state index contributed by atoms with van der Waals surface area (Å²) in [5.74, 6) is -0.305. The van der Waals surface area contributed by atoms with Crippen molar-refractivity contribution < 1.29 is 9.50 Å². The molecule has 1 unspecified atom stereocenters. The van der Waals surface area contributed by atoms with E-state index in [1.54, 1.807) is 18.2 Å². The lowest BCUT2D eigenvalue weighted by molar-refractivity contribution is 0.0302. The third-order valence-electron chi connectivity index (χ3n) is 4.20. The van der Waals surface area contributed by atoms with Gasteiger partial charge in [0.25, 0.3) is 0 Å². The molecule has 2 N–H and O–H groups in total. The highest BCUT2D eigenvalue weighted by atomic mass is 79.9. The first-order chi connectivity index (χ1) is 11.4. The summed E-state index contributed by atoms with van der Waals surface area (Å²) in [5.41, 5.74) is 0.846. The third kappa shape index (κ3) is 5.00. The minimum atomic E-state index is -1.04. The number of hydrogen-bond donors (Lipinski definition) is 2. The fraction of sp³-hybridized carbons (Fsp3) is 0.300. The molecule has 0 fully saturated rings. The van der Waals surface area contributed by atoms with Crippen LogP contribution in [0, 0.1) is 5.82 Å². The highest BCUT2D eigenvalue weighted by Gasteiger charge is 2.27. The van der Waals surface area contributed by atoms with Crippen LogP contribution in [0.25, 0.3) is 0 Å². The maximum absolute atomic E-state index is 13.1. The SMILES string of the molecule is C=CCC(O)(CCN[C@@H](C)c1cccc(Br)c1)c1ccc(F)cc1. The van der Waals surface area contributed by atoms with Gasteiger partial charge in [-0.15, -0.1) is 6.58 Å². The van der Waals surface area contributed by atoms with Gasteiger partial charge in [-0.3, -0.25) is 0 Å². The molecule has 0 aliphatic heterocycles. The van der Waals surface area contributed by atoms with Crippen LogP contribution in [0.3, 0.4) is 0 Å². The smallest absolute Gasteiger partial charge is 0.123 e. The third-order valence-corrected chi connectivity index (χ3v) is 4.69. The molecule has 2 atom stereocenters. The molecule has 0 spiro atoms. The average Bonchev–Trinajstić information content (AvgIpc) is 2.55. The second kappa shape index (κ2) is 8.56. The Hall–Kier alpha value is -1.49. The van der Waals surface area contributed by atoms with Crippen molar-refractivity contribution in [3.8, 4) is 0 Å². The lowest BCUT2D eigenvalue weighted by Gasteiger charge is -2.28. The maximum atomic E-state index is 13.1. The fourth-order valence-corrected chi connectivity index (χ4v) is 3.17. The van der Waals surface area contributed by atoms with E-state index in [0.717, 1.165) is 4.47 Å². The van der Waals surface area contributed by atoms with Gasteiger partial charge in [0.2, 0.25) is 0 Å². The van der Waals surface area contributed by atoms with Gasteiger partial charge in [0.05, 0.1) is 5.60 Å². The van der Waals surface area contributed by atoms with E-state index in [9.17, 15) is 9.50 Å². The summed E-state index contributed by atoms with van der Waals surface area (Å²) in [6.45, 7) is 6.45. The van der Waals surface area contributed by atoms with Crippen LogP contribution < -0.4 is 5.32 Å². The van der Waals surface area contributed by atoms with Crippen molar-refractivity contribution in [3.05, 3.63) is 82.6 Å². The van der Waals surface area contributed by atoms with Crippen LogP contribution in [-0.4, -0.2) is 11.7 Å². The molecule has 0 saturated heterocycles. The predicted molar refractivity (Wildman–Crippen MR) is 100 cm³/mol. The fourth-order valence-electron chi connectivity index (χ4n) is 2.75. The van der Waals surface area contributed by atoms with Crippen LogP contribution in [0.2, 0.25) is 0 Å². The second-order valence-electron chi connectivity index (χ2n) is 6.01. The molecule has 24 heavy (non-hydrogen) atoms. The Kier molecular flexibility index (Phi) is 6.72. The summed E-state index contributed by atoms with van der Waals surface area (Å²) >= 11 is 3.48. The number of rotatable bonds is 8. The highest BCUT2D eigenvalue weighted by molar-refractivity contribution is 9.10. The van der Waals surface area contributed by atoms with E-state index in [1.165, 1.54) is 17.7 Å². The first kappa shape index (κ1) is 18.8. The predicted octanol–water partition coefficient (Wildman–Crippen LogP) is 5.09. The Labute approximate surface area is 151 Å². The molecule has 2 nitrogen and oxygen atoms in total. The van der Waals surface area contributed by atoms with Crippen LogP contribution in [0.1, 0.15) is 36.9 Å². The van der Waals surface area contributed by atoms with Crippen molar-refractivity contribution in [2.45, 2.75) is 31.4 Å². The zero-order valence-corrected chi connectivity index (χ0v) is 15.4. The zero-order valence-electron chi connectivity index (χ0n) is 13.8. The molecule has 0 bridgehead atoms. The highest BCUT2D eigenvalue weighted by Crippen LogP contribution is 2.29. The van der Waals surface area contributed by atoms with E-state index in [1.807, 2.05) is 12.1 Å². The number of nitrogens with one attached hydrogen (secondary N) is 1. The van der Waals surface area contributed by atoms with E-state index in [0.29, 0.717) is 24.9 Å². The molecule has 0 aliphatic carbocycles. The minimum Gasteiger partial charge on any atom is -0.385 e. The molecule has 0 amide bonds. The Morgan fingerprint density at radius 1 is 1.29 bits per heavy atom. The molecule has 0 saturated carbocycles. The zero-order chi connectivity index (χ0) is 17.6. The van der Waals surface area contributed by atoms with Gasteiger partial charge >= 0.3 is 0 Å². The summed E-state index contributed by atoms with van der Waals surface area (Å²) in [5, 5.41) is 14.4. The maximum Gasteiger partial charge on any atom is 0.123 e.